The largest absolute Gasteiger partial charge is 0.282 e. The highest BCUT2D eigenvalue weighted by Crippen LogP contribution is 2.24. The number of halogens is 1. The molecule has 3 aromatic heterocycles. The molecule has 98 valence electrons. The minimum Gasteiger partial charge on any atom is -0.282 e. The third kappa shape index (κ3) is 1.45. The minimum atomic E-state index is 0.415. The van der Waals surface area contributed by atoms with Crippen molar-refractivity contribution >= 4 is 28.4 Å². The second kappa shape index (κ2) is 4.01. The van der Waals surface area contributed by atoms with E-state index >= 15 is 0 Å². The summed E-state index contributed by atoms with van der Waals surface area (Å²) in [5, 5.41) is 4.63. The summed E-state index contributed by atoms with van der Waals surface area (Å²) in [6, 6.07) is 7.88. The Hall–Kier alpha value is -2.47. The molecule has 0 aliphatic heterocycles. The van der Waals surface area contributed by atoms with Crippen molar-refractivity contribution in [2.45, 2.75) is 6.92 Å². The van der Waals surface area contributed by atoms with Crippen LogP contribution in [-0.2, 0) is 0 Å². The van der Waals surface area contributed by atoms with Crippen molar-refractivity contribution in [1.82, 2.24) is 29.1 Å². The van der Waals surface area contributed by atoms with Crippen LogP contribution in [0.4, 0.5) is 0 Å². The van der Waals surface area contributed by atoms with Crippen molar-refractivity contribution in [3.05, 3.63) is 47.6 Å². The highest BCUT2D eigenvalue weighted by Gasteiger charge is 2.15. The van der Waals surface area contributed by atoms with E-state index in [1.807, 2.05) is 35.8 Å². The monoisotopic (exact) mass is 284 g/mol. The van der Waals surface area contributed by atoms with E-state index in [2.05, 4.69) is 20.1 Å². The van der Waals surface area contributed by atoms with Crippen molar-refractivity contribution in [3.8, 4) is 5.82 Å². The van der Waals surface area contributed by atoms with Gasteiger partial charge < -0.3 is 0 Å². The van der Waals surface area contributed by atoms with Crippen LogP contribution in [0, 0.1) is 6.92 Å². The van der Waals surface area contributed by atoms with Crippen LogP contribution in [0.15, 0.2) is 36.9 Å². The Kier molecular flexibility index (Phi) is 2.28. The van der Waals surface area contributed by atoms with E-state index in [1.54, 1.807) is 10.8 Å². The molecular formula is C13H9ClN6. The smallest absolute Gasteiger partial charge is 0.255 e. The normalized spacial score (nSPS) is 11.5. The summed E-state index contributed by atoms with van der Waals surface area (Å²) in [4.78, 5) is 12.7. The second-order valence-corrected chi connectivity index (χ2v) is 4.78. The maximum absolute atomic E-state index is 6.19. The topological polar surface area (TPSA) is 60.9 Å². The van der Waals surface area contributed by atoms with Crippen LogP contribution in [0.2, 0.25) is 5.15 Å². The van der Waals surface area contributed by atoms with E-state index in [-0.39, 0.29) is 0 Å². The van der Waals surface area contributed by atoms with Crippen LogP contribution < -0.4 is 0 Å². The maximum Gasteiger partial charge on any atom is 0.255 e. The molecule has 20 heavy (non-hydrogen) atoms. The fourth-order valence-corrected chi connectivity index (χ4v) is 2.45. The van der Waals surface area contributed by atoms with Crippen LogP contribution in [-0.4, -0.2) is 29.1 Å². The Morgan fingerprint density at radius 1 is 1.15 bits per heavy atom. The molecule has 0 aliphatic rings. The van der Waals surface area contributed by atoms with Gasteiger partial charge in [0.25, 0.3) is 5.78 Å². The van der Waals surface area contributed by atoms with Gasteiger partial charge in [-0.05, 0) is 19.1 Å². The predicted molar refractivity (Wildman–Crippen MR) is 75.2 cm³/mol. The van der Waals surface area contributed by atoms with Crippen LogP contribution in [0.25, 0.3) is 22.6 Å². The summed E-state index contributed by atoms with van der Waals surface area (Å²) < 4.78 is 3.61. The van der Waals surface area contributed by atoms with Crippen LogP contribution in [0.3, 0.4) is 0 Å². The number of rotatable bonds is 1. The van der Waals surface area contributed by atoms with Gasteiger partial charge in [-0.2, -0.15) is 19.6 Å². The van der Waals surface area contributed by atoms with Gasteiger partial charge in [0.15, 0.2) is 0 Å². The molecule has 6 nitrogen and oxygen atoms in total. The summed E-state index contributed by atoms with van der Waals surface area (Å²) in [6.45, 7) is 1.90. The Morgan fingerprint density at radius 2 is 2.00 bits per heavy atom. The Bertz CT molecular complexity index is 938. The molecule has 1 aromatic carbocycles. The van der Waals surface area contributed by atoms with Crippen molar-refractivity contribution < 1.29 is 0 Å². The summed E-state index contributed by atoms with van der Waals surface area (Å²) in [5.41, 5.74) is 2.72. The lowest BCUT2D eigenvalue weighted by Crippen LogP contribution is -2.07. The molecule has 0 aliphatic carbocycles. The molecule has 0 saturated carbocycles. The van der Waals surface area contributed by atoms with Crippen molar-refractivity contribution in [2.24, 2.45) is 0 Å². The van der Waals surface area contributed by atoms with Gasteiger partial charge in [0.05, 0.1) is 11.0 Å². The lowest BCUT2D eigenvalue weighted by atomic mass is 10.3. The molecule has 0 amide bonds. The minimum absolute atomic E-state index is 0.415. The van der Waals surface area contributed by atoms with Crippen LogP contribution in [0.1, 0.15) is 5.56 Å². The summed E-state index contributed by atoms with van der Waals surface area (Å²) in [7, 11) is 0. The Balaban J connectivity index is 2.16. The molecular weight excluding hydrogens is 276 g/mol. The van der Waals surface area contributed by atoms with E-state index in [0.717, 1.165) is 22.4 Å². The SMILES string of the molecule is Cc1c(Cl)nc2ncnn2c1-n1cnc2ccccc21. The Morgan fingerprint density at radius 3 is 2.90 bits per heavy atom. The van der Waals surface area contributed by atoms with Crippen molar-refractivity contribution in [2.75, 3.05) is 0 Å². The number of benzene rings is 1. The second-order valence-electron chi connectivity index (χ2n) is 4.43. The average Bonchev–Trinajstić information content (AvgIpc) is 3.07. The zero-order valence-electron chi connectivity index (χ0n) is 10.5. The zero-order chi connectivity index (χ0) is 13.7. The third-order valence-corrected chi connectivity index (χ3v) is 3.62. The van der Waals surface area contributed by atoms with Gasteiger partial charge in [-0.25, -0.2) is 4.98 Å². The number of fused-ring (bicyclic) bond motifs is 2. The molecule has 0 bridgehead atoms. The molecule has 0 radical (unpaired) electrons. The van der Waals surface area contributed by atoms with E-state index in [4.69, 9.17) is 11.6 Å². The van der Waals surface area contributed by atoms with Crippen LogP contribution in [0.5, 0.6) is 0 Å². The third-order valence-electron chi connectivity index (χ3n) is 3.26. The number of nitrogens with zero attached hydrogens (tertiary/aromatic N) is 6. The first-order valence-electron chi connectivity index (χ1n) is 6.04. The molecule has 3 heterocycles. The van der Waals surface area contributed by atoms with Gasteiger partial charge in [-0.15, -0.1) is 0 Å². The molecule has 0 spiro atoms. The highest BCUT2D eigenvalue weighted by atomic mass is 35.5. The summed E-state index contributed by atoms with van der Waals surface area (Å²) in [6.07, 6.45) is 3.21. The number of imidazole rings is 1. The van der Waals surface area contributed by atoms with E-state index in [1.165, 1.54) is 6.33 Å². The van der Waals surface area contributed by atoms with E-state index in [9.17, 15) is 0 Å². The van der Waals surface area contributed by atoms with Crippen molar-refractivity contribution in [3.63, 3.8) is 0 Å². The average molecular weight is 285 g/mol. The summed E-state index contributed by atoms with van der Waals surface area (Å²) >= 11 is 6.19. The molecule has 4 rings (SSSR count). The quantitative estimate of drug-likeness (QED) is 0.504. The van der Waals surface area contributed by atoms with Gasteiger partial charge in [0.2, 0.25) is 0 Å². The predicted octanol–water partition coefficient (Wildman–Crippen LogP) is 2.43. The first-order chi connectivity index (χ1) is 9.75. The summed E-state index contributed by atoms with van der Waals surface area (Å²) in [5.74, 6) is 1.26. The molecule has 0 N–H and O–H groups in total. The van der Waals surface area contributed by atoms with E-state index < -0.39 is 0 Å². The first kappa shape index (κ1) is 11.4. The maximum atomic E-state index is 6.19. The van der Waals surface area contributed by atoms with Gasteiger partial charge in [0, 0.05) is 5.56 Å². The molecule has 0 saturated heterocycles. The van der Waals surface area contributed by atoms with Gasteiger partial charge in [-0.3, -0.25) is 4.57 Å². The molecule has 0 unspecified atom stereocenters. The molecule has 7 heteroatoms. The number of aromatic nitrogens is 6. The molecule has 4 aromatic rings. The number of hydrogen-bond donors (Lipinski definition) is 0. The van der Waals surface area contributed by atoms with Gasteiger partial charge in [-0.1, -0.05) is 23.7 Å². The fourth-order valence-electron chi connectivity index (χ4n) is 2.29. The molecule has 0 atom stereocenters. The van der Waals surface area contributed by atoms with Crippen molar-refractivity contribution in [1.29, 1.82) is 0 Å². The van der Waals surface area contributed by atoms with Gasteiger partial charge in [0.1, 0.15) is 23.6 Å². The van der Waals surface area contributed by atoms with Gasteiger partial charge >= 0.3 is 0 Å². The van der Waals surface area contributed by atoms with E-state index in [0.29, 0.717) is 10.9 Å². The highest BCUT2D eigenvalue weighted by molar-refractivity contribution is 6.30. The Labute approximate surface area is 118 Å². The standard InChI is InChI=1S/C13H9ClN6/c1-8-11(14)18-13-15-6-17-20(13)12(8)19-7-16-9-4-2-3-5-10(9)19/h2-7H,1H3. The lowest BCUT2D eigenvalue weighted by Gasteiger charge is -2.10. The zero-order valence-corrected chi connectivity index (χ0v) is 11.3. The first-order valence-corrected chi connectivity index (χ1v) is 6.42. The molecule has 0 fully saturated rings. The number of hydrogen-bond acceptors (Lipinski definition) is 4. The fraction of sp³-hybridized carbons (Fsp3) is 0.0769. The lowest BCUT2D eigenvalue weighted by molar-refractivity contribution is 0.852. The van der Waals surface area contributed by atoms with Crippen LogP contribution >= 0.6 is 11.6 Å². The number of para-hydroxylation sites is 2.